The van der Waals surface area contributed by atoms with E-state index in [0.717, 1.165) is 15.0 Å². The highest BCUT2D eigenvalue weighted by molar-refractivity contribution is 9.10. The fraction of sp³-hybridized carbons (Fsp3) is 0.333. The monoisotopic (exact) mass is 443 g/mol. The van der Waals surface area contributed by atoms with Crippen LogP contribution in [0.4, 0.5) is 10.7 Å². The van der Waals surface area contributed by atoms with Crippen LogP contribution in [0.15, 0.2) is 22.8 Å². The van der Waals surface area contributed by atoms with Crippen molar-refractivity contribution < 1.29 is 9.59 Å². The normalized spacial score (nSPS) is 16.2. The molecule has 0 radical (unpaired) electrons. The number of amides is 3. The summed E-state index contributed by atoms with van der Waals surface area (Å²) in [5.74, 6) is 0.140. The van der Waals surface area contributed by atoms with Crippen LogP contribution in [0, 0.1) is 0 Å². The number of urea groups is 1. The fourth-order valence-corrected chi connectivity index (χ4v) is 4.00. The molecule has 1 aliphatic rings. The number of hydrogen-bond donors (Lipinski definition) is 2. The van der Waals surface area contributed by atoms with Crippen LogP contribution < -0.4 is 10.6 Å². The first-order valence-electron chi connectivity index (χ1n) is 7.44. The van der Waals surface area contributed by atoms with Gasteiger partial charge in [-0.15, -0.1) is 11.3 Å². The molecule has 1 saturated heterocycles. The molecule has 2 N–H and O–H groups in total. The maximum Gasteiger partial charge on any atom is 0.325 e. The molecular formula is C15H15BrClN5O2S. The van der Waals surface area contributed by atoms with E-state index in [1.54, 1.807) is 20.0 Å². The lowest BCUT2D eigenvalue weighted by atomic mass is 10.0. The Morgan fingerprint density at radius 2 is 2.16 bits per heavy atom. The van der Waals surface area contributed by atoms with Crippen LogP contribution in [0.3, 0.4) is 0 Å². The van der Waals surface area contributed by atoms with Gasteiger partial charge in [0.25, 0.3) is 5.91 Å². The number of imide groups is 1. The van der Waals surface area contributed by atoms with Gasteiger partial charge in [-0.3, -0.25) is 10.1 Å². The number of anilines is 1. The van der Waals surface area contributed by atoms with E-state index in [-0.39, 0.29) is 11.9 Å². The minimum atomic E-state index is -0.863. The SMILES string of the molecule is CC1(C)C(=O)NC(=O)N1CCNc1ncc(Br)c(-c2ccc(Cl)s2)n1. The highest BCUT2D eigenvalue weighted by Gasteiger charge is 2.44. The van der Waals surface area contributed by atoms with E-state index in [4.69, 9.17) is 11.6 Å². The second kappa shape index (κ2) is 6.89. The Labute approximate surface area is 161 Å². The summed E-state index contributed by atoms with van der Waals surface area (Å²) in [5.41, 5.74) is -0.123. The van der Waals surface area contributed by atoms with Gasteiger partial charge in [-0.25, -0.2) is 14.8 Å². The lowest BCUT2D eigenvalue weighted by Gasteiger charge is -2.27. The Bertz CT molecular complexity index is 841. The molecule has 132 valence electrons. The zero-order chi connectivity index (χ0) is 18.2. The fourth-order valence-electron chi connectivity index (χ4n) is 2.42. The van der Waals surface area contributed by atoms with E-state index in [1.165, 1.54) is 16.2 Å². The maximum atomic E-state index is 11.8. The zero-order valence-electron chi connectivity index (χ0n) is 13.5. The number of hydrogen-bond acceptors (Lipinski definition) is 6. The Balaban J connectivity index is 1.68. The summed E-state index contributed by atoms with van der Waals surface area (Å²) in [6.45, 7) is 4.19. The predicted molar refractivity (Wildman–Crippen MR) is 101 cm³/mol. The van der Waals surface area contributed by atoms with Crippen LogP contribution in [-0.2, 0) is 4.79 Å². The van der Waals surface area contributed by atoms with Crippen molar-refractivity contribution in [2.24, 2.45) is 0 Å². The number of nitrogens with zero attached hydrogens (tertiary/aromatic N) is 3. The molecule has 10 heteroatoms. The second-order valence-electron chi connectivity index (χ2n) is 5.89. The van der Waals surface area contributed by atoms with Crippen molar-refractivity contribution >= 4 is 56.8 Å². The van der Waals surface area contributed by atoms with Crippen molar-refractivity contribution in [3.8, 4) is 10.6 Å². The molecule has 0 bridgehead atoms. The Morgan fingerprint density at radius 1 is 1.40 bits per heavy atom. The molecule has 2 aromatic rings. The van der Waals surface area contributed by atoms with E-state index in [2.05, 4.69) is 36.5 Å². The Morgan fingerprint density at radius 3 is 2.76 bits per heavy atom. The number of halogens is 2. The zero-order valence-corrected chi connectivity index (χ0v) is 16.6. The van der Waals surface area contributed by atoms with Gasteiger partial charge in [0.1, 0.15) is 11.2 Å². The molecule has 2 aromatic heterocycles. The van der Waals surface area contributed by atoms with Crippen LogP contribution in [0.2, 0.25) is 4.34 Å². The van der Waals surface area contributed by atoms with Gasteiger partial charge in [-0.2, -0.15) is 0 Å². The van der Waals surface area contributed by atoms with Crippen molar-refractivity contribution in [2.75, 3.05) is 18.4 Å². The van der Waals surface area contributed by atoms with Crippen LogP contribution in [0.25, 0.3) is 10.6 Å². The third-order valence-corrected chi connectivity index (χ3v) is 5.68. The molecule has 3 amide bonds. The predicted octanol–water partition coefficient (Wildman–Crippen LogP) is 3.36. The van der Waals surface area contributed by atoms with Crippen molar-refractivity contribution in [3.63, 3.8) is 0 Å². The molecule has 3 rings (SSSR count). The summed E-state index contributed by atoms with van der Waals surface area (Å²) >= 11 is 10.9. The first-order valence-corrected chi connectivity index (χ1v) is 9.43. The van der Waals surface area contributed by atoms with E-state index in [1.807, 2.05) is 12.1 Å². The second-order valence-corrected chi connectivity index (χ2v) is 8.46. The molecular weight excluding hydrogens is 430 g/mol. The molecule has 0 aromatic carbocycles. The smallest absolute Gasteiger partial charge is 0.325 e. The number of thiophene rings is 1. The number of nitrogens with one attached hydrogen (secondary N) is 2. The van der Waals surface area contributed by atoms with Gasteiger partial charge in [-0.1, -0.05) is 11.6 Å². The van der Waals surface area contributed by atoms with Gasteiger partial charge in [0.05, 0.1) is 13.7 Å². The lowest BCUT2D eigenvalue weighted by Crippen LogP contribution is -2.46. The molecule has 0 aliphatic carbocycles. The summed E-state index contributed by atoms with van der Waals surface area (Å²) in [6.07, 6.45) is 1.66. The van der Waals surface area contributed by atoms with Crippen LogP contribution >= 0.6 is 38.9 Å². The summed E-state index contributed by atoms with van der Waals surface area (Å²) in [4.78, 5) is 34.7. The Hall–Kier alpha value is -1.71. The van der Waals surface area contributed by atoms with Crippen molar-refractivity contribution in [3.05, 3.63) is 27.1 Å². The topological polar surface area (TPSA) is 87.2 Å². The average molecular weight is 445 g/mol. The molecule has 1 aliphatic heterocycles. The van der Waals surface area contributed by atoms with E-state index in [9.17, 15) is 9.59 Å². The van der Waals surface area contributed by atoms with Gasteiger partial charge >= 0.3 is 6.03 Å². The average Bonchev–Trinajstić information content (AvgIpc) is 3.05. The Kier molecular flexibility index (Phi) is 4.99. The summed E-state index contributed by atoms with van der Waals surface area (Å²) in [5, 5.41) is 5.40. The third kappa shape index (κ3) is 3.63. The molecule has 0 unspecified atom stereocenters. The number of rotatable bonds is 5. The van der Waals surface area contributed by atoms with E-state index in [0.29, 0.717) is 23.4 Å². The van der Waals surface area contributed by atoms with E-state index >= 15 is 0 Å². The summed E-state index contributed by atoms with van der Waals surface area (Å²) in [6, 6.07) is 3.32. The summed E-state index contributed by atoms with van der Waals surface area (Å²) in [7, 11) is 0. The van der Waals surface area contributed by atoms with Crippen molar-refractivity contribution in [2.45, 2.75) is 19.4 Å². The molecule has 7 nitrogen and oxygen atoms in total. The molecule has 0 spiro atoms. The minimum absolute atomic E-state index is 0.297. The largest absolute Gasteiger partial charge is 0.352 e. The quantitative estimate of drug-likeness (QED) is 0.691. The first-order chi connectivity index (χ1) is 11.8. The molecule has 3 heterocycles. The van der Waals surface area contributed by atoms with Gasteiger partial charge in [0.15, 0.2) is 0 Å². The first kappa shape index (κ1) is 18.1. The van der Waals surface area contributed by atoms with Gasteiger partial charge in [-0.05, 0) is 41.9 Å². The number of carbonyl (C=O) groups is 2. The highest BCUT2D eigenvalue weighted by Crippen LogP contribution is 2.34. The maximum absolute atomic E-state index is 11.8. The van der Waals surface area contributed by atoms with Gasteiger partial charge in [0, 0.05) is 19.3 Å². The standard InChI is InChI=1S/C15H15BrClN5O2S/c1-15(2)12(23)21-14(24)22(15)6-5-18-13-19-7-8(16)11(20-13)9-3-4-10(17)25-9/h3-4,7H,5-6H2,1-2H3,(H,18,19,20)(H,21,23,24). The third-order valence-electron chi connectivity index (χ3n) is 3.87. The van der Waals surface area contributed by atoms with Gasteiger partial charge in [0.2, 0.25) is 5.95 Å². The minimum Gasteiger partial charge on any atom is -0.352 e. The molecule has 0 saturated carbocycles. The highest BCUT2D eigenvalue weighted by atomic mass is 79.9. The van der Waals surface area contributed by atoms with E-state index < -0.39 is 5.54 Å². The molecule has 0 atom stereocenters. The molecule has 1 fully saturated rings. The lowest BCUT2D eigenvalue weighted by molar-refractivity contribution is -0.125. The van der Waals surface area contributed by atoms with Crippen LogP contribution in [-0.4, -0.2) is 45.4 Å². The van der Waals surface area contributed by atoms with Crippen molar-refractivity contribution in [1.29, 1.82) is 0 Å². The van der Waals surface area contributed by atoms with Gasteiger partial charge < -0.3 is 10.2 Å². The van der Waals surface area contributed by atoms with Crippen LogP contribution in [0.1, 0.15) is 13.8 Å². The summed E-state index contributed by atoms with van der Waals surface area (Å²) < 4.78 is 1.45. The van der Waals surface area contributed by atoms with Crippen molar-refractivity contribution in [1.82, 2.24) is 20.2 Å². The number of carbonyl (C=O) groups excluding carboxylic acids is 2. The van der Waals surface area contributed by atoms with Crippen LogP contribution in [0.5, 0.6) is 0 Å². The molecule has 25 heavy (non-hydrogen) atoms. The number of aromatic nitrogens is 2.